The number of halogens is 1. The molecule has 1 aliphatic heterocycles. The van der Waals surface area contributed by atoms with Crippen LogP contribution in [-0.4, -0.2) is 42.3 Å². The minimum atomic E-state index is -3.70. The topological polar surface area (TPSA) is 85.6 Å². The molecule has 1 unspecified atom stereocenters. The molecular weight excluding hydrogens is 304 g/mol. The summed E-state index contributed by atoms with van der Waals surface area (Å²) in [4.78, 5) is 4.00. The molecule has 0 spiro atoms. The van der Waals surface area contributed by atoms with Gasteiger partial charge in [-0.2, -0.15) is 9.61 Å². The summed E-state index contributed by atoms with van der Waals surface area (Å²) in [6, 6.07) is 3.16. The van der Waals surface area contributed by atoms with Crippen LogP contribution in [0, 0.1) is 0 Å². The molecule has 3 heterocycles. The summed E-state index contributed by atoms with van der Waals surface area (Å²) in [7, 11) is -3.70. The first kappa shape index (κ1) is 13.7. The van der Waals surface area contributed by atoms with Crippen LogP contribution in [0.1, 0.15) is 12.8 Å². The standard InChI is InChI=1S/C11H13ClN4O3S/c12-9-3-4-10-13-7-11(16(10)15-9)20(17,18)14-6-8-2-1-5-19-8/h3-4,7-8,14H,1-2,5-6H2. The number of hydrogen-bond acceptors (Lipinski definition) is 5. The number of nitrogens with one attached hydrogen (secondary N) is 1. The SMILES string of the molecule is O=S(=O)(NCC1CCCO1)c1cnc2ccc(Cl)nn12. The van der Waals surface area contributed by atoms with Gasteiger partial charge in [0, 0.05) is 13.2 Å². The van der Waals surface area contributed by atoms with Gasteiger partial charge in [0.05, 0.1) is 12.3 Å². The highest BCUT2D eigenvalue weighted by Crippen LogP contribution is 2.15. The molecule has 1 aliphatic rings. The number of aromatic nitrogens is 3. The molecule has 3 rings (SSSR count). The van der Waals surface area contributed by atoms with Gasteiger partial charge in [0.25, 0.3) is 10.0 Å². The Morgan fingerprint density at radius 3 is 3.10 bits per heavy atom. The summed E-state index contributed by atoms with van der Waals surface area (Å²) >= 11 is 5.78. The number of ether oxygens (including phenoxy) is 1. The molecule has 1 N–H and O–H groups in total. The van der Waals surface area contributed by atoms with E-state index in [1.54, 1.807) is 12.1 Å². The fourth-order valence-electron chi connectivity index (χ4n) is 2.10. The molecule has 108 valence electrons. The van der Waals surface area contributed by atoms with E-state index in [9.17, 15) is 8.42 Å². The van der Waals surface area contributed by atoms with Gasteiger partial charge in [0.1, 0.15) is 5.15 Å². The van der Waals surface area contributed by atoms with E-state index in [0.717, 1.165) is 12.8 Å². The van der Waals surface area contributed by atoms with Crippen LogP contribution < -0.4 is 4.72 Å². The smallest absolute Gasteiger partial charge is 0.259 e. The second kappa shape index (κ2) is 5.28. The minimum absolute atomic E-state index is 0.0343. The van der Waals surface area contributed by atoms with Crippen LogP contribution in [0.25, 0.3) is 5.65 Å². The third kappa shape index (κ3) is 2.64. The zero-order chi connectivity index (χ0) is 14.2. The predicted molar refractivity (Wildman–Crippen MR) is 72.2 cm³/mol. The number of sulfonamides is 1. The molecule has 0 radical (unpaired) electrons. The van der Waals surface area contributed by atoms with E-state index in [2.05, 4.69) is 14.8 Å². The highest BCUT2D eigenvalue weighted by molar-refractivity contribution is 7.89. The van der Waals surface area contributed by atoms with Crippen LogP contribution in [0.4, 0.5) is 0 Å². The third-order valence-electron chi connectivity index (χ3n) is 3.10. The van der Waals surface area contributed by atoms with E-state index in [4.69, 9.17) is 16.3 Å². The van der Waals surface area contributed by atoms with Gasteiger partial charge < -0.3 is 4.74 Å². The maximum absolute atomic E-state index is 12.3. The largest absolute Gasteiger partial charge is 0.377 e. The number of rotatable bonds is 4. The maximum atomic E-state index is 12.3. The first-order valence-corrected chi connectivity index (χ1v) is 8.04. The van der Waals surface area contributed by atoms with Crippen molar-refractivity contribution in [1.29, 1.82) is 0 Å². The van der Waals surface area contributed by atoms with Crippen LogP contribution in [-0.2, 0) is 14.8 Å². The Bertz CT molecular complexity index is 724. The molecule has 1 atom stereocenters. The van der Waals surface area contributed by atoms with Crippen LogP contribution in [0.2, 0.25) is 5.15 Å². The highest BCUT2D eigenvalue weighted by atomic mass is 35.5. The molecule has 1 fully saturated rings. The van der Waals surface area contributed by atoms with E-state index >= 15 is 0 Å². The third-order valence-corrected chi connectivity index (χ3v) is 4.68. The zero-order valence-corrected chi connectivity index (χ0v) is 12.1. The lowest BCUT2D eigenvalue weighted by atomic mass is 10.2. The van der Waals surface area contributed by atoms with Gasteiger partial charge in [0.15, 0.2) is 10.7 Å². The molecule has 0 bridgehead atoms. The van der Waals surface area contributed by atoms with Gasteiger partial charge in [-0.1, -0.05) is 11.6 Å². The first-order chi connectivity index (χ1) is 9.56. The van der Waals surface area contributed by atoms with Crippen molar-refractivity contribution >= 4 is 27.3 Å². The average Bonchev–Trinajstić information content (AvgIpc) is 3.05. The van der Waals surface area contributed by atoms with Gasteiger partial charge in [-0.25, -0.2) is 18.1 Å². The van der Waals surface area contributed by atoms with Crippen molar-refractivity contribution in [3.8, 4) is 0 Å². The Hall–Kier alpha value is -1.22. The van der Waals surface area contributed by atoms with Gasteiger partial charge in [-0.05, 0) is 25.0 Å². The fraction of sp³-hybridized carbons (Fsp3) is 0.455. The molecule has 9 heteroatoms. The molecule has 20 heavy (non-hydrogen) atoms. The van der Waals surface area contributed by atoms with Crippen molar-refractivity contribution in [3.63, 3.8) is 0 Å². The molecule has 7 nitrogen and oxygen atoms in total. The normalized spacial score (nSPS) is 19.8. The Morgan fingerprint density at radius 1 is 1.50 bits per heavy atom. The van der Waals surface area contributed by atoms with Crippen molar-refractivity contribution < 1.29 is 13.2 Å². The zero-order valence-electron chi connectivity index (χ0n) is 10.5. The van der Waals surface area contributed by atoms with E-state index in [1.807, 2.05) is 0 Å². The summed E-state index contributed by atoms with van der Waals surface area (Å²) < 4.78 is 33.6. The second-order valence-corrected chi connectivity index (χ2v) is 6.61. The van der Waals surface area contributed by atoms with Gasteiger partial charge in [-0.15, -0.1) is 0 Å². The number of nitrogens with zero attached hydrogens (tertiary/aromatic N) is 3. The Labute approximate surface area is 121 Å². The van der Waals surface area contributed by atoms with Crippen LogP contribution in [0.15, 0.2) is 23.4 Å². The lowest BCUT2D eigenvalue weighted by Crippen LogP contribution is -2.32. The number of imidazole rings is 1. The van der Waals surface area contributed by atoms with Crippen molar-refractivity contribution in [2.45, 2.75) is 24.0 Å². The first-order valence-electron chi connectivity index (χ1n) is 6.18. The number of fused-ring (bicyclic) bond motifs is 1. The molecule has 0 aliphatic carbocycles. The van der Waals surface area contributed by atoms with E-state index in [-0.39, 0.29) is 22.8 Å². The minimum Gasteiger partial charge on any atom is -0.377 e. The fourth-order valence-corrected chi connectivity index (χ4v) is 3.34. The summed E-state index contributed by atoms with van der Waals surface area (Å²) in [5, 5.41) is 4.12. The highest BCUT2D eigenvalue weighted by Gasteiger charge is 2.23. The molecular formula is C11H13ClN4O3S. The molecule has 0 saturated carbocycles. The summed E-state index contributed by atoms with van der Waals surface area (Å²) in [6.07, 6.45) is 3.01. The van der Waals surface area contributed by atoms with E-state index in [0.29, 0.717) is 12.3 Å². The van der Waals surface area contributed by atoms with E-state index in [1.165, 1.54) is 10.7 Å². The average molecular weight is 317 g/mol. The second-order valence-electron chi connectivity index (χ2n) is 4.51. The lowest BCUT2D eigenvalue weighted by molar-refractivity contribution is 0.114. The quantitative estimate of drug-likeness (QED) is 0.903. The summed E-state index contributed by atoms with van der Waals surface area (Å²) in [5.41, 5.74) is 0.423. The monoisotopic (exact) mass is 316 g/mol. The van der Waals surface area contributed by atoms with Crippen molar-refractivity contribution in [2.75, 3.05) is 13.2 Å². The summed E-state index contributed by atoms with van der Waals surface area (Å²) in [6.45, 7) is 0.926. The lowest BCUT2D eigenvalue weighted by Gasteiger charge is -2.10. The Kier molecular flexibility index (Phi) is 3.63. The maximum Gasteiger partial charge on any atom is 0.259 e. The Morgan fingerprint density at radius 2 is 2.35 bits per heavy atom. The van der Waals surface area contributed by atoms with Gasteiger partial charge in [0.2, 0.25) is 0 Å². The Balaban J connectivity index is 1.86. The van der Waals surface area contributed by atoms with Crippen molar-refractivity contribution in [1.82, 2.24) is 19.3 Å². The van der Waals surface area contributed by atoms with Crippen LogP contribution in [0.5, 0.6) is 0 Å². The van der Waals surface area contributed by atoms with Crippen molar-refractivity contribution in [2.24, 2.45) is 0 Å². The molecule has 2 aromatic rings. The van der Waals surface area contributed by atoms with Gasteiger partial charge in [-0.3, -0.25) is 0 Å². The van der Waals surface area contributed by atoms with Crippen molar-refractivity contribution in [3.05, 3.63) is 23.5 Å². The predicted octanol–water partition coefficient (Wildman–Crippen LogP) is 0.840. The number of hydrogen-bond donors (Lipinski definition) is 1. The van der Waals surface area contributed by atoms with Crippen LogP contribution in [0.3, 0.4) is 0 Å². The van der Waals surface area contributed by atoms with E-state index < -0.39 is 10.0 Å². The molecule has 2 aromatic heterocycles. The molecule has 0 amide bonds. The van der Waals surface area contributed by atoms with Crippen LogP contribution >= 0.6 is 11.6 Å². The molecule has 0 aromatic carbocycles. The van der Waals surface area contributed by atoms with Gasteiger partial charge >= 0.3 is 0 Å². The molecule has 1 saturated heterocycles. The summed E-state index contributed by atoms with van der Waals surface area (Å²) in [5.74, 6) is 0.